The van der Waals surface area contributed by atoms with Crippen molar-refractivity contribution < 1.29 is 21.6 Å². The number of hydrogen-bond donors (Lipinski definition) is 0. The van der Waals surface area contributed by atoms with Gasteiger partial charge < -0.3 is 9.04 Å². The number of nitrogens with zero attached hydrogens (tertiary/aromatic N) is 1. The lowest BCUT2D eigenvalue weighted by Gasteiger charge is -2.28. The molecule has 0 fully saturated rings. The number of unbranched alkanes of at least 4 members (excludes halogenated alkanes) is 7. The van der Waals surface area contributed by atoms with Gasteiger partial charge in [0.2, 0.25) is 10.4 Å². The first-order valence-electron chi connectivity index (χ1n) is 8.02. The van der Waals surface area contributed by atoms with Crippen LogP contribution >= 0.6 is 0 Å². The van der Waals surface area contributed by atoms with E-state index in [1.165, 1.54) is 68.9 Å². The van der Waals surface area contributed by atoms with Gasteiger partial charge in [-0.1, -0.05) is 45.4 Å². The summed E-state index contributed by atoms with van der Waals surface area (Å²) in [7, 11) is 1.06. The molecule has 6 heteroatoms. The van der Waals surface area contributed by atoms with Gasteiger partial charge in [0.15, 0.2) is 0 Å². The van der Waals surface area contributed by atoms with Crippen molar-refractivity contribution in [3.05, 3.63) is 0 Å². The lowest BCUT2D eigenvalue weighted by Crippen LogP contribution is -2.39. The Hall–Kier alpha value is -0.170. The van der Waals surface area contributed by atoms with Gasteiger partial charge in [0.05, 0.1) is 34.3 Å². The predicted molar refractivity (Wildman–Crippen MR) is 86.8 cm³/mol. The predicted octanol–water partition coefficient (Wildman–Crippen LogP) is 3.32. The van der Waals surface area contributed by atoms with E-state index >= 15 is 0 Å². The summed E-state index contributed by atoms with van der Waals surface area (Å²) in [5.41, 5.74) is 0. The molecule has 0 aromatic carbocycles. The summed E-state index contributed by atoms with van der Waals surface area (Å²) in [5, 5.41) is 0. The topological polar surface area (TPSA) is 66.4 Å². The summed E-state index contributed by atoms with van der Waals surface area (Å²) in [6, 6.07) is 0. The fourth-order valence-corrected chi connectivity index (χ4v) is 1.83. The lowest BCUT2D eigenvalue weighted by atomic mass is 10.1. The molecule has 0 amide bonds. The number of rotatable bonds is 11. The third kappa shape index (κ3) is 22.3. The molecule has 0 saturated heterocycles. The van der Waals surface area contributed by atoms with Gasteiger partial charge in [-0.2, -0.15) is 0 Å². The average molecular weight is 326 g/mol. The minimum atomic E-state index is -4.41. The average Bonchev–Trinajstić information content (AvgIpc) is 2.41. The first-order valence-corrected chi connectivity index (χ1v) is 9.35. The first kappa shape index (κ1) is 23.1. The Morgan fingerprint density at radius 3 is 1.62 bits per heavy atom. The summed E-state index contributed by atoms with van der Waals surface area (Å²) < 4.78 is 32.2. The molecule has 0 atom stereocenters. The van der Waals surface area contributed by atoms with E-state index in [-0.39, 0.29) is 0 Å². The molecule has 0 aromatic heterocycles. The van der Waals surface area contributed by atoms with Crippen LogP contribution in [0.1, 0.15) is 65.2 Å². The normalized spacial score (nSPS) is 11.9. The Bertz CT molecular complexity index is 316. The van der Waals surface area contributed by atoms with Gasteiger partial charge >= 0.3 is 0 Å². The van der Waals surface area contributed by atoms with Crippen LogP contribution in [-0.2, 0) is 14.6 Å². The van der Waals surface area contributed by atoms with Crippen LogP contribution in [0.4, 0.5) is 0 Å². The molecule has 0 aliphatic rings. The highest BCUT2D eigenvalue weighted by Gasteiger charge is 2.09. The number of hydrogen-bond acceptors (Lipinski definition) is 4. The molecule has 0 rings (SSSR count). The molecule has 0 radical (unpaired) electrons. The molecule has 0 saturated carbocycles. The van der Waals surface area contributed by atoms with Crippen molar-refractivity contribution in [2.75, 3.05) is 34.3 Å². The monoisotopic (exact) mass is 325 g/mol. The van der Waals surface area contributed by atoms with Crippen LogP contribution in [0.5, 0.6) is 0 Å². The molecule has 0 N–H and O–H groups in total. The minimum absolute atomic E-state index is 0.808. The maximum Gasteiger partial charge on any atom is 0.217 e. The Morgan fingerprint density at radius 1 is 0.905 bits per heavy atom. The van der Waals surface area contributed by atoms with Crippen LogP contribution in [0, 0.1) is 0 Å². The van der Waals surface area contributed by atoms with Gasteiger partial charge in [0.25, 0.3) is 0 Å². The smallest absolute Gasteiger partial charge is 0.217 e. The first-order chi connectivity index (χ1) is 9.68. The molecule has 21 heavy (non-hydrogen) atoms. The SMILES string of the molecule is CCCCCCCCCC[N+](C)(C)CC.COS(=O)(=O)[O-]. The van der Waals surface area contributed by atoms with Crippen molar-refractivity contribution in [3.8, 4) is 0 Å². The van der Waals surface area contributed by atoms with E-state index in [1.807, 2.05) is 0 Å². The van der Waals surface area contributed by atoms with Crippen molar-refractivity contribution >= 4 is 10.4 Å². The molecule has 130 valence electrons. The van der Waals surface area contributed by atoms with Crippen LogP contribution in [0.3, 0.4) is 0 Å². The van der Waals surface area contributed by atoms with E-state index in [9.17, 15) is 13.0 Å². The fourth-order valence-electron chi connectivity index (χ4n) is 1.83. The van der Waals surface area contributed by atoms with Crippen molar-refractivity contribution in [3.63, 3.8) is 0 Å². The fraction of sp³-hybridized carbons (Fsp3) is 1.00. The summed E-state index contributed by atoms with van der Waals surface area (Å²) in [4.78, 5) is 0. The van der Waals surface area contributed by atoms with Crippen molar-refractivity contribution in [2.45, 2.75) is 65.2 Å². The van der Waals surface area contributed by atoms with Crippen molar-refractivity contribution in [1.29, 1.82) is 0 Å². The second-order valence-corrected chi connectivity index (χ2v) is 7.18. The highest BCUT2D eigenvalue weighted by atomic mass is 32.3. The van der Waals surface area contributed by atoms with Crippen molar-refractivity contribution in [2.24, 2.45) is 0 Å². The highest BCUT2D eigenvalue weighted by molar-refractivity contribution is 7.80. The molecule has 5 nitrogen and oxygen atoms in total. The molecule has 0 bridgehead atoms. The van der Waals surface area contributed by atoms with Crippen molar-refractivity contribution in [1.82, 2.24) is 0 Å². The number of quaternary nitrogens is 1. The Morgan fingerprint density at radius 2 is 1.29 bits per heavy atom. The Labute approximate surface area is 132 Å². The summed E-state index contributed by atoms with van der Waals surface area (Å²) in [6.07, 6.45) is 11.5. The summed E-state index contributed by atoms with van der Waals surface area (Å²) in [6.45, 7) is 7.18. The Balaban J connectivity index is 0. The standard InChI is InChI=1S/C14H32N.CH4O4S/c1-5-7-8-9-10-11-12-13-14-15(3,4)6-2;1-5-6(2,3)4/h5-14H2,1-4H3;1H3,(H,2,3,4)/q+1;/p-1. The molecular weight excluding hydrogens is 290 g/mol. The van der Waals surface area contributed by atoms with E-state index in [0.29, 0.717) is 0 Å². The largest absolute Gasteiger partial charge is 0.726 e. The third-order valence-corrected chi connectivity index (χ3v) is 4.09. The van der Waals surface area contributed by atoms with E-state index in [0.717, 1.165) is 7.11 Å². The third-order valence-electron chi connectivity index (χ3n) is 3.68. The maximum atomic E-state index is 9.22. The van der Waals surface area contributed by atoms with E-state index in [1.54, 1.807) is 0 Å². The molecule has 0 aromatic rings. The molecule has 0 aliphatic heterocycles. The van der Waals surface area contributed by atoms with Crippen LogP contribution < -0.4 is 0 Å². The van der Waals surface area contributed by atoms with Gasteiger partial charge in [0, 0.05) is 0 Å². The molecule has 0 heterocycles. The van der Waals surface area contributed by atoms with E-state index < -0.39 is 10.4 Å². The maximum absolute atomic E-state index is 9.22. The zero-order valence-corrected chi connectivity index (χ0v) is 15.4. The van der Waals surface area contributed by atoms with Gasteiger partial charge in [-0.25, -0.2) is 8.42 Å². The highest BCUT2D eigenvalue weighted by Crippen LogP contribution is 2.09. The summed E-state index contributed by atoms with van der Waals surface area (Å²) >= 11 is 0. The van der Waals surface area contributed by atoms with Crippen LogP contribution in [0.15, 0.2) is 0 Å². The molecular formula is C15H35NO4S. The van der Waals surface area contributed by atoms with Gasteiger partial charge in [0.1, 0.15) is 0 Å². The molecule has 0 unspecified atom stereocenters. The van der Waals surface area contributed by atoms with Crippen LogP contribution in [-0.4, -0.2) is 51.7 Å². The van der Waals surface area contributed by atoms with E-state index in [2.05, 4.69) is 32.1 Å². The zero-order valence-electron chi connectivity index (χ0n) is 14.6. The second-order valence-electron chi connectivity index (χ2n) is 6.03. The zero-order chi connectivity index (χ0) is 16.8. The van der Waals surface area contributed by atoms with Crippen LogP contribution in [0.2, 0.25) is 0 Å². The molecule has 0 aliphatic carbocycles. The van der Waals surface area contributed by atoms with E-state index in [4.69, 9.17) is 0 Å². The lowest BCUT2D eigenvalue weighted by molar-refractivity contribution is -0.888. The minimum Gasteiger partial charge on any atom is -0.726 e. The summed E-state index contributed by atoms with van der Waals surface area (Å²) in [5.74, 6) is 0. The van der Waals surface area contributed by atoms with Gasteiger partial charge in [-0.3, -0.25) is 4.18 Å². The molecule has 0 spiro atoms. The quantitative estimate of drug-likeness (QED) is 0.253. The van der Waals surface area contributed by atoms with Crippen LogP contribution in [0.25, 0.3) is 0 Å². The van der Waals surface area contributed by atoms with Gasteiger partial charge in [-0.15, -0.1) is 0 Å². The van der Waals surface area contributed by atoms with Gasteiger partial charge in [-0.05, 0) is 19.8 Å². The second kappa shape index (κ2) is 13.5. The Kier molecular flexibility index (Phi) is 14.8.